The van der Waals surface area contributed by atoms with E-state index in [0.29, 0.717) is 17.3 Å². The number of sulfonamides is 1. The highest BCUT2D eigenvalue weighted by Gasteiger charge is 2.28. The largest absolute Gasteiger partial charge is 0.330 e. The summed E-state index contributed by atoms with van der Waals surface area (Å²) >= 11 is 3.03. The minimum atomic E-state index is -3.41. The van der Waals surface area contributed by atoms with Gasteiger partial charge in [0.2, 0.25) is 10.0 Å². The molecule has 0 saturated heterocycles. The molecule has 0 saturated carbocycles. The maximum atomic E-state index is 12.3. The first-order chi connectivity index (χ1) is 9.43. The monoisotopic (exact) mass is 336 g/mol. The van der Waals surface area contributed by atoms with E-state index >= 15 is 0 Å². The molecule has 20 heavy (non-hydrogen) atoms. The van der Waals surface area contributed by atoms with Crippen LogP contribution in [0.15, 0.2) is 16.3 Å². The van der Waals surface area contributed by atoms with Crippen LogP contribution >= 0.6 is 23.1 Å². The second-order valence-corrected chi connectivity index (χ2v) is 9.11. The van der Waals surface area contributed by atoms with Crippen LogP contribution in [0, 0.1) is 0 Å². The molecule has 0 fully saturated rings. The van der Waals surface area contributed by atoms with Crippen LogP contribution in [0.2, 0.25) is 0 Å². The first-order valence-corrected chi connectivity index (χ1v) is 10.3. The molecule has 0 aliphatic heterocycles. The Morgan fingerprint density at radius 2 is 2.00 bits per heavy atom. The van der Waals surface area contributed by atoms with Gasteiger partial charge in [0, 0.05) is 16.2 Å². The highest BCUT2D eigenvalue weighted by molar-refractivity contribution is 8.00. The fraction of sp³-hybridized carbons (Fsp3) is 0.692. The zero-order chi connectivity index (χ0) is 15.2. The molecule has 0 spiro atoms. The van der Waals surface area contributed by atoms with Crippen molar-refractivity contribution < 1.29 is 8.42 Å². The SMILES string of the molecule is CCC(CC)(CNS(=O)(=O)c1ccc(CCN)s1)SC. The van der Waals surface area contributed by atoms with Gasteiger partial charge in [0.1, 0.15) is 4.21 Å². The van der Waals surface area contributed by atoms with Gasteiger partial charge in [-0.2, -0.15) is 11.8 Å². The number of hydrogen-bond donors (Lipinski definition) is 2. The van der Waals surface area contributed by atoms with E-state index in [0.717, 1.165) is 24.1 Å². The number of nitrogens with two attached hydrogens (primary N) is 1. The van der Waals surface area contributed by atoms with Crippen molar-refractivity contribution in [2.75, 3.05) is 19.3 Å². The smallest absolute Gasteiger partial charge is 0.250 e. The number of thioether (sulfide) groups is 1. The minimum Gasteiger partial charge on any atom is -0.330 e. The van der Waals surface area contributed by atoms with Crippen molar-refractivity contribution in [2.24, 2.45) is 5.73 Å². The molecule has 1 aromatic rings. The highest BCUT2D eigenvalue weighted by Crippen LogP contribution is 2.30. The molecule has 0 aromatic carbocycles. The Morgan fingerprint density at radius 3 is 2.50 bits per heavy atom. The van der Waals surface area contributed by atoms with Crippen LogP contribution in [0.5, 0.6) is 0 Å². The number of hydrogen-bond acceptors (Lipinski definition) is 5. The molecular formula is C13H24N2O2S3. The second-order valence-electron chi connectivity index (χ2n) is 4.68. The summed E-state index contributed by atoms with van der Waals surface area (Å²) in [4.78, 5) is 1.01. The lowest BCUT2D eigenvalue weighted by Crippen LogP contribution is -2.39. The summed E-state index contributed by atoms with van der Waals surface area (Å²) in [5, 5.41) is 0. The summed E-state index contributed by atoms with van der Waals surface area (Å²) in [7, 11) is -3.41. The van der Waals surface area contributed by atoms with E-state index in [1.807, 2.05) is 12.3 Å². The maximum Gasteiger partial charge on any atom is 0.250 e. The molecule has 4 nitrogen and oxygen atoms in total. The zero-order valence-corrected chi connectivity index (χ0v) is 14.8. The Kier molecular flexibility index (Phi) is 7.00. The van der Waals surface area contributed by atoms with Gasteiger partial charge >= 0.3 is 0 Å². The lowest BCUT2D eigenvalue weighted by Gasteiger charge is -2.29. The summed E-state index contributed by atoms with van der Waals surface area (Å²) in [6, 6.07) is 3.50. The zero-order valence-electron chi connectivity index (χ0n) is 12.3. The lowest BCUT2D eigenvalue weighted by molar-refractivity contribution is 0.523. The Balaban J connectivity index is 2.78. The van der Waals surface area contributed by atoms with Crippen LogP contribution in [0.4, 0.5) is 0 Å². The van der Waals surface area contributed by atoms with Crippen LogP contribution < -0.4 is 10.5 Å². The Bertz CT molecular complexity index is 499. The van der Waals surface area contributed by atoms with Crippen molar-refractivity contribution in [2.45, 2.75) is 42.1 Å². The first-order valence-electron chi connectivity index (χ1n) is 6.76. The predicted octanol–water partition coefficient (Wildman–Crippen LogP) is 2.45. The molecule has 7 heteroatoms. The molecule has 0 bridgehead atoms. The quantitative estimate of drug-likeness (QED) is 0.726. The second kappa shape index (κ2) is 7.79. The molecule has 0 amide bonds. The van der Waals surface area contributed by atoms with E-state index in [-0.39, 0.29) is 4.75 Å². The van der Waals surface area contributed by atoms with Crippen molar-refractivity contribution in [3.8, 4) is 0 Å². The van der Waals surface area contributed by atoms with Gasteiger partial charge < -0.3 is 5.73 Å². The fourth-order valence-electron chi connectivity index (χ4n) is 1.94. The molecule has 1 heterocycles. The van der Waals surface area contributed by atoms with Gasteiger partial charge in [-0.15, -0.1) is 11.3 Å². The van der Waals surface area contributed by atoms with Crippen LogP contribution in [0.3, 0.4) is 0 Å². The van der Waals surface area contributed by atoms with Crippen molar-refractivity contribution in [3.63, 3.8) is 0 Å². The molecule has 0 aliphatic rings. The van der Waals surface area contributed by atoms with Crippen LogP contribution in [-0.4, -0.2) is 32.5 Å². The van der Waals surface area contributed by atoms with Crippen LogP contribution in [0.25, 0.3) is 0 Å². The van der Waals surface area contributed by atoms with E-state index in [4.69, 9.17) is 5.73 Å². The van der Waals surface area contributed by atoms with E-state index in [1.165, 1.54) is 11.3 Å². The number of rotatable bonds is 9. The first kappa shape index (κ1) is 18.0. The Morgan fingerprint density at radius 1 is 1.35 bits per heavy atom. The lowest BCUT2D eigenvalue weighted by atomic mass is 10.0. The molecule has 0 unspecified atom stereocenters. The van der Waals surface area contributed by atoms with Gasteiger partial charge in [-0.3, -0.25) is 0 Å². The highest BCUT2D eigenvalue weighted by atomic mass is 32.2. The number of nitrogens with one attached hydrogen (secondary N) is 1. The normalized spacial score (nSPS) is 12.8. The van der Waals surface area contributed by atoms with Crippen molar-refractivity contribution >= 4 is 33.1 Å². The molecule has 0 aliphatic carbocycles. The van der Waals surface area contributed by atoms with Gasteiger partial charge in [-0.05, 0) is 44.2 Å². The molecule has 1 aromatic heterocycles. The average Bonchev–Trinajstić information content (AvgIpc) is 2.91. The van der Waals surface area contributed by atoms with Gasteiger partial charge in [-0.25, -0.2) is 13.1 Å². The van der Waals surface area contributed by atoms with E-state index in [1.54, 1.807) is 17.8 Å². The Labute approximate surface area is 130 Å². The number of thiophene rings is 1. The summed E-state index contributed by atoms with van der Waals surface area (Å²) < 4.78 is 27.7. The summed E-state index contributed by atoms with van der Waals surface area (Å²) in [5.41, 5.74) is 5.49. The summed E-state index contributed by atoms with van der Waals surface area (Å²) in [6.45, 7) is 5.19. The van der Waals surface area contributed by atoms with Crippen molar-refractivity contribution in [3.05, 3.63) is 17.0 Å². The molecule has 116 valence electrons. The average molecular weight is 337 g/mol. The minimum absolute atomic E-state index is 0.0234. The molecular weight excluding hydrogens is 312 g/mol. The summed E-state index contributed by atoms with van der Waals surface area (Å²) in [6.07, 6.45) is 4.64. The third-order valence-electron chi connectivity index (χ3n) is 3.60. The standard InChI is InChI=1S/C13H24N2O2S3/c1-4-13(5-2,18-3)10-15-20(16,17)12-7-6-11(19-12)8-9-14/h6-7,15H,4-5,8-10,14H2,1-3H3. The van der Waals surface area contributed by atoms with Gasteiger partial charge in [0.15, 0.2) is 0 Å². The third kappa shape index (κ3) is 4.46. The predicted molar refractivity (Wildman–Crippen MR) is 89.1 cm³/mol. The van der Waals surface area contributed by atoms with E-state index in [2.05, 4.69) is 18.6 Å². The van der Waals surface area contributed by atoms with E-state index in [9.17, 15) is 8.42 Å². The molecule has 3 N–H and O–H groups in total. The van der Waals surface area contributed by atoms with Crippen molar-refractivity contribution in [1.82, 2.24) is 4.72 Å². The molecule has 0 atom stereocenters. The third-order valence-corrected chi connectivity index (χ3v) is 8.22. The maximum absolute atomic E-state index is 12.3. The van der Waals surface area contributed by atoms with Gasteiger partial charge in [0.05, 0.1) is 0 Å². The molecule has 0 radical (unpaired) electrons. The Hall–Kier alpha value is -0.0800. The van der Waals surface area contributed by atoms with E-state index < -0.39 is 10.0 Å². The fourth-order valence-corrected chi connectivity index (χ4v) is 5.37. The van der Waals surface area contributed by atoms with Crippen LogP contribution in [-0.2, 0) is 16.4 Å². The van der Waals surface area contributed by atoms with Crippen molar-refractivity contribution in [1.29, 1.82) is 0 Å². The van der Waals surface area contributed by atoms with Gasteiger partial charge in [-0.1, -0.05) is 13.8 Å². The van der Waals surface area contributed by atoms with Gasteiger partial charge in [0.25, 0.3) is 0 Å². The van der Waals surface area contributed by atoms with Crippen LogP contribution in [0.1, 0.15) is 31.6 Å². The summed E-state index contributed by atoms with van der Waals surface area (Å²) in [5.74, 6) is 0. The molecule has 1 rings (SSSR count). The topological polar surface area (TPSA) is 72.2 Å².